The summed E-state index contributed by atoms with van der Waals surface area (Å²) in [6, 6.07) is -0.471. The molecule has 0 spiro atoms. The second kappa shape index (κ2) is 4.42. The lowest BCUT2D eigenvalue weighted by atomic mass is 10.1. The van der Waals surface area contributed by atoms with Crippen LogP contribution in [0, 0.1) is 0 Å². The monoisotopic (exact) mass is 174 g/mol. The molecular formula is C8H18N2O2. The molecule has 0 saturated carbocycles. The first-order chi connectivity index (χ1) is 5.39. The molecular weight excluding hydrogens is 156 g/mol. The summed E-state index contributed by atoms with van der Waals surface area (Å²) in [4.78, 5) is 11.1. The fraction of sp³-hybridized carbons (Fsp3) is 0.875. The van der Waals surface area contributed by atoms with E-state index >= 15 is 0 Å². The second-order valence-corrected chi connectivity index (χ2v) is 3.59. The van der Waals surface area contributed by atoms with Gasteiger partial charge in [-0.2, -0.15) is 0 Å². The van der Waals surface area contributed by atoms with E-state index in [2.05, 4.69) is 5.32 Å². The van der Waals surface area contributed by atoms with Crippen molar-refractivity contribution in [3.63, 3.8) is 0 Å². The summed E-state index contributed by atoms with van der Waals surface area (Å²) in [5.41, 5.74) is 5.04. The number of nitrogens with one attached hydrogen (secondary N) is 1. The van der Waals surface area contributed by atoms with Gasteiger partial charge in [0.05, 0.1) is 18.2 Å². The van der Waals surface area contributed by atoms with Crippen LogP contribution in [0.1, 0.15) is 20.8 Å². The molecule has 0 aliphatic rings. The zero-order chi connectivity index (χ0) is 9.78. The molecule has 0 aliphatic carbocycles. The minimum Gasteiger partial charge on any atom is -0.382 e. The van der Waals surface area contributed by atoms with Crippen molar-refractivity contribution in [1.82, 2.24) is 5.32 Å². The van der Waals surface area contributed by atoms with Crippen LogP contribution >= 0.6 is 0 Å². The summed E-state index contributed by atoms with van der Waals surface area (Å²) < 4.78 is 4.93. The number of carbonyl (C=O) groups excluding carboxylic acids is 1. The normalized spacial score (nSPS) is 14.1. The highest BCUT2D eigenvalue weighted by molar-refractivity contribution is 5.81. The number of nitrogens with two attached hydrogens (primary N) is 1. The average Bonchev–Trinajstić information content (AvgIpc) is 1.85. The topological polar surface area (TPSA) is 64.3 Å². The van der Waals surface area contributed by atoms with Gasteiger partial charge >= 0.3 is 0 Å². The fourth-order valence-corrected chi connectivity index (χ4v) is 0.844. The molecule has 0 unspecified atom stereocenters. The molecule has 0 radical (unpaired) electrons. The van der Waals surface area contributed by atoms with Crippen LogP contribution in [-0.4, -0.2) is 31.2 Å². The van der Waals surface area contributed by atoms with E-state index in [-0.39, 0.29) is 11.4 Å². The third kappa shape index (κ3) is 4.31. The van der Waals surface area contributed by atoms with Gasteiger partial charge in [-0.15, -0.1) is 0 Å². The molecule has 1 amide bonds. The van der Waals surface area contributed by atoms with Gasteiger partial charge in [0.1, 0.15) is 0 Å². The van der Waals surface area contributed by atoms with Crippen molar-refractivity contribution in [3.05, 3.63) is 0 Å². The smallest absolute Gasteiger partial charge is 0.237 e. The van der Waals surface area contributed by atoms with Crippen LogP contribution < -0.4 is 11.1 Å². The maximum Gasteiger partial charge on any atom is 0.237 e. The number of hydrogen-bond acceptors (Lipinski definition) is 3. The maximum absolute atomic E-state index is 11.1. The Morgan fingerprint density at radius 1 is 1.67 bits per heavy atom. The van der Waals surface area contributed by atoms with Gasteiger partial charge in [-0.3, -0.25) is 4.79 Å². The summed E-state index contributed by atoms with van der Waals surface area (Å²) in [6.07, 6.45) is 0. The quantitative estimate of drug-likeness (QED) is 0.624. The Bertz CT molecular complexity index is 155. The molecule has 0 rings (SSSR count). The Labute approximate surface area is 73.5 Å². The van der Waals surface area contributed by atoms with Gasteiger partial charge in [0.2, 0.25) is 5.91 Å². The molecule has 4 nitrogen and oxygen atoms in total. The van der Waals surface area contributed by atoms with Crippen LogP contribution in [0.4, 0.5) is 0 Å². The average molecular weight is 174 g/mol. The Balaban J connectivity index is 3.96. The van der Waals surface area contributed by atoms with Crippen molar-refractivity contribution in [2.75, 3.05) is 13.7 Å². The number of ether oxygens (including phenoxy) is 1. The largest absolute Gasteiger partial charge is 0.382 e. The highest BCUT2D eigenvalue weighted by Gasteiger charge is 2.21. The zero-order valence-electron chi connectivity index (χ0n) is 8.18. The van der Waals surface area contributed by atoms with Gasteiger partial charge in [0, 0.05) is 7.11 Å². The van der Waals surface area contributed by atoms with Crippen LogP contribution in [0.25, 0.3) is 0 Å². The number of rotatable bonds is 4. The molecule has 3 N–H and O–H groups in total. The highest BCUT2D eigenvalue weighted by Crippen LogP contribution is 2.01. The van der Waals surface area contributed by atoms with E-state index in [1.54, 1.807) is 14.0 Å². The lowest BCUT2D eigenvalue weighted by Crippen LogP contribution is -2.51. The van der Waals surface area contributed by atoms with E-state index in [0.29, 0.717) is 6.61 Å². The Morgan fingerprint density at radius 2 is 2.17 bits per heavy atom. The summed E-state index contributed by atoms with van der Waals surface area (Å²) >= 11 is 0. The maximum atomic E-state index is 11.1. The van der Waals surface area contributed by atoms with Gasteiger partial charge in [-0.1, -0.05) is 0 Å². The van der Waals surface area contributed by atoms with E-state index < -0.39 is 6.04 Å². The zero-order valence-corrected chi connectivity index (χ0v) is 8.18. The van der Waals surface area contributed by atoms with Crippen LogP contribution in [0.3, 0.4) is 0 Å². The number of methoxy groups -OCH3 is 1. The number of carbonyl (C=O) groups is 1. The standard InChI is InChI=1S/C8H18N2O2/c1-6(9)7(11)10-8(2,3)5-12-4/h6H,5,9H2,1-4H3,(H,10,11)/t6-/m0/s1. The fourth-order valence-electron chi connectivity index (χ4n) is 0.844. The van der Waals surface area contributed by atoms with Crippen molar-refractivity contribution in [1.29, 1.82) is 0 Å². The van der Waals surface area contributed by atoms with E-state index in [0.717, 1.165) is 0 Å². The van der Waals surface area contributed by atoms with Crippen molar-refractivity contribution < 1.29 is 9.53 Å². The molecule has 0 aromatic heterocycles. The van der Waals surface area contributed by atoms with Gasteiger partial charge in [0.15, 0.2) is 0 Å². The molecule has 4 heteroatoms. The molecule has 0 saturated heterocycles. The van der Waals surface area contributed by atoms with Gasteiger partial charge in [0.25, 0.3) is 0 Å². The highest BCUT2D eigenvalue weighted by atomic mass is 16.5. The third-order valence-electron chi connectivity index (χ3n) is 1.38. The van der Waals surface area contributed by atoms with Crippen molar-refractivity contribution in [3.8, 4) is 0 Å². The third-order valence-corrected chi connectivity index (χ3v) is 1.38. The molecule has 72 valence electrons. The van der Waals surface area contributed by atoms with Crippen LogP contribution in [-0.2, 0) is 9.53 Å². The number of amides is 1. The van der Waals surface area contributed by atoms with E-state index in [1.807, 2.05) is 13.8 Å². The summed E-state index contributed by atoms with van der Waals surface area (Å²) in [7, 11) is 1.60. The van der Waals surface area contributed by atoms with E-state index in [4.69, 9.17) is 10.5 Å². The Kier molecular flexibility index (Phi) is 4.20. The molecule has 0 aromatic rings. The number of hydrogen-bond donors (Lipinski definition) is 2. The lowest BCUT2D eigenvalue weighted by Gasteiger charge is -2.26. The molecule has 0 fully saturated rings. The lowest BCUT2D eigenvalue weighted by molar-refractivity contribution is -0.124. The molecule has 0 heterocycles. The first kappa shape index (κ1) is 11.4. The Morgan fingerprint density at radius 3 is 2.50 bits per heavy atom. The van der Waals surface area contributed by atoms with Crippen LogP contribution in [0.2, 0.25) is 0 Å². The molecule has 0 aliphatic heterocycles. The second-order valence-electron chi connectivity index (χ2n) is 3.59. The Hall–Kier alpha value is -0.610. The minimum atomic E-state index is -0.471. The first-order valence-electron chi connectivity index (χ1n) is 3.95. The molecule has 0 aromatic carbocycles. The molecule has 12 heavy (non-hydrogen) atoms. The van der Waals surface area contributed by atoms with Gasteiger partial charge in [-0.05, 0) is 20.8 Å². The molecule has 1 atom stereocenters. The van der Waals surface area contributed by atoms with Crippen molar-refractivity contribution in [2.24, 2.45) is 5.73 Å². The predicted molar refractivity (Wildman–Crippen MR) is 47.7 cm³/mol. The SMILES string of the molecule is COCC(C)(C)NC(=O)[C@H](C)N. The van der Waals surface area contributed by atoms with Gasteiger partial charge < -0.3 is 15.8 Å². The van der Waals surface area contributed by atoms with Crippen LogP contribution in [0.5, 0.6) is 0 Å². The summed E-state index contributed by atoms with van der Waals surface area (Å²) in [6.45, 7) is 5.90. The van der Waals surface area contributed by atoms with Crippen molar-refractivity contribution in [2.45, 2.75) is 32.4 Å². The van der Waals surface area contributed by atoms with Crippen LogP contribution in [0.15, 0.2) is 0 Å². The van der Waals surface area contributed by atoms with E-state index in [1.165, 1.54) is 0 Å². The van der Waals surface area contributed by atoms with E-state index in [9.17, 15) is 4.79 Å². The summed E-state index contributed by atoms with van der Waals surface area (Å²) in [5.74, 6) is -0.156. The predicted octanol–water partition coefficient (Wildman–Crippen LogP) is -0.125. The minimum absolute atomic E-state index is 0.156. The summed E-state index contributed by atoms with van der Waals surface area (Å²) in [5, 5.41) is 2.77. The van der Waals surface area contributed by atoms with Gasteiger partial charge in [-0.25, -0.2) is 0 Å². The van der Waals surface area contributed by atoms with Crippen molar-refractivity contribution >= 4 is 5.91 Å². The molecule has 0 bridgehead atoms. The first-order valence-corrected chi connectivity index (χ1v) is 3.95.